The van der Waals surface area contributed by atoms with E-state index in [-0.39, 0.29) is 0 Å². The third kappa shape index (κ3) is 1.99. The highest BCUT2D eigenvalue weighted by molar-refractivity contribution is 5.41. The first-order chi connectivity index (χ1) is 8.99. The van der Waals surface area contributed by atoms with Crippen LogP contribution in [0.2, 0.25) is 0 Å². The number of β-amino-alcohol motifs (C(OH)–C–C–N with tert-alkyl or cyclic N) is 1. The molecule has 0 aliphatic carbocycles. The summed E-state index contributed by atoms with van der Waals surface area (Å²) >= 11 is 0. The number of hydrogen-bond donors (Lipinski definition) is 1. The van der Waals surface area contributed by atoms with Crippen LogP contribution in [0, 0.1) is 13.8 Å². The molecule has 19 heavy (non-hydrogen) atoms. The Balaban J connectivity index is 2.14. The van der Waals surface area contributed by atoms with Crippen LogP contribution in [0.3, 0.4) is 0 Å². The monoisotopic (exact) mass is 257 g/mol. The fourth-order valence-corrected chi connectivity index (χ4v) is 2.88. The van der Waals surface area contributed by atoms with Crippen LogP contribution in [-0.2, 0) is 12.1 Å². The van der Waals surface area contributed by atoms with Crippen molar-refractivity contribution in [2.45, 2.75) is 26.0 Å². The van der Waals surface area contributed by atoms with Gasteiger partial charge in [0.1, 0.15) is 17.1 Å². The predicted octanol–water partition coefficient (Wildman–Crippen LogP) is 2.58. The number of furan rings is 1. The zero-order valence-electron chi connectivity index (χ0n) is 11.6. The summed E-state index contributed by atoms with van der Waals surface area (Å²) in [5.74, 6) is 1.72. The van der Waals surface area contributed by atoms with Crippen LogP contribution in [0.4, 0.5) is 0 Å². The molecule has 2 aromatic rings. The molecular formula is C16H19NO2. The van der Waals surface area contributed by atoms with Crippen molar-refractivity contribution in [3.05, 3.63) is 58.5 Å². The van der Waals surface area contributed by atoms with Gasteiger partial charge in [0, 0.05) is 12.1 Å². The summed E-state index contributed by atoms with van der Waals surface area (Å²) in [7, 11) is 2.00. The van der Waals surface area contributed by atoms with Gasteiger partial charge in [-0.15, -0.1) is 0 Å². The molecule has 3 rings (SSSR count). The summed E-state index contributed by atoms with van der Waals surface area (Å²) < 4.78 is 5.72. The molecule has 1 atom stereocenters. The van der Waals surface area contributed by atoms with Crippen LogP contribution in [-0.4, -0.2) is 23.6 Å². The Hall–Kier alpha value is -1.58. The van der Waals surface area contributed by atoms with Crippen molar-refractivity contribution < 1.29 is 9.52 Å². The van der Waals surface area contributed by atoms with Crippen molar-refractivity contribution in [1.82, 2.24) is 4.90 Å². The second kappa shape index (κ2) is 4.22. The Labute approximate surface area is 113 Å². The molecule has 1 aliphatic rings. The summed E-state index contributed by atoms with van der Waals surface area (Å²) in [6.07, 6.45) is 0. The summed E-state index contributed by atoms with van der Waals surface area (Å²) in [5.41, 5.74) is 2.05. The van der Waals surface area contributed by atoms with E-state index >= 15 is 0 Å². The second-order valence-electron chi connectivity index (χ2n) is 5.59. The number of aryl methyl sites for hydroxylation is 2. The van der Waals surface area contributed by atoms with Crippen LogP contribution in [0.15, 0.2) is 34.7 Å². The number of nitrogens with zero attached hydrogens (tertiary/aromatic N) is 1. The number of hydrogen-bond acceptors (Lipinski definition) is 3. The van der Waals surface area contributed by atoms with E-state index in [1.807, 2.05) is 51.2 Å². The van der Waals surface area contributed by atoms with Gasteiger partial charge in [0.2, 0.25) is 0 Å². The molecule has 0 radical (unpaired) electrons. The van der Waals surface area contributed by atoms with Crippen molar-refractivity contribution in [3.8, 4) is 0 Å². The van der Waals surface area contributed by atoms with Crippen LogP contribution in [0.1, 0.15) is 28.2 Å². The van der Waals surface area contributed by atoms with E-state index in [2.05, 4.69) is 4.90 Å². The summed E-state index contributed by atoms with van der Waals surface area (Å²) in [5, 5.41) is 11.2. The summed E-state index contributed by atoms with van der Waals surface area (Å²) in [6.45, 7) is 5.31. The quantitative estimate of drug-likeness (QED) is 0.853. The minimum Gasteiger partial charge on any atom is -0.465 e. The van der Waals surface area contributed by atoms with Crippen LogP contribution < -0.4 is 0 Å². The molecule has 3 heteroatoms. The predicted molar refractivity (Wildman–Crippen MR) is 74.0 cm³/mol. The van der Waals surface area contributed by atoms with Crippen LogP contribution in [0.5, 0.6) is 0 Å². The molecule has 0 saturated carbocycles. The third-order valence-corrected chi connectivity index (χ3v) is 3.82. The Morgan fingerprint density at radius 2 is 1.89 bits per heavy atom. The maximum Gasteiger partial charge on any atom is 0.131 e. The molecule has 0 fully saturated rings. The van der Waals surface area contributed by atoms with Crippen molar-refractivity contribution >= 4 is 0 Å². The Morgan fingerprint density at radius 3 is 2.58 bits per heavy atom. The van der Waals surface area contributed by atoms with E-state index < -0.39 is 5.60 Å². The molecule has 0 saturated heterocycles. The lowest BCUT2D eigenvalue weighted by molar-refractivity contribution is 0.0234. The normalized spacial score (nSPS) is 23.4. The van der Waals surface area contributed by atoms with Gasteiger partial charge in [-0.3, -0.25) is 4.90 Å². The van der Waals surface area contributed by atoms with E-state index in [1.165, 1.54) is 5.56 Å². The number of aliphatic hydroxyl groups is 1. The lowest BCUT2D eigenvalue weighted by Crippen LogP contribution is -2.44. The van der Waals surface area contributed by atoms with Crippen molar-refractivity contribution in [1.29, 1.82) is 0 Å². The zero-order chi connectivity index (χ0) is 13.6. The maximum absolute atomic E-state index is 11.2. The first-order valence-electron chi connectivity index (χ1n) is 6.57. The minimum atomic E-state index is -0.978. The first-order valence-corrected chi connectivity index (χ1v) is 6.57. The molecule has 3 nitrogen and oxygen atoms in total. The van der Waals surface area contributed by atoms with Gasteiger partial charge < -0.3 is 9.52 Å². The summed E-state index contributed by atoms with van der Waals surface area (Å²) in [6, 6.07) is 10.0. The zero-order valence-corrected chi connectivity index (χ0v) is 11.6. The Bertz CT molecular complexity index is 600. The lowest BCUT2D eigenvalue weighted by atomic mass is 9.83. The minimum absolute atomic E-state index is 0.585. The van der Waals surface area contributed by atoms with E-state index in [4.69, 9.17) is 4.42 Å². The topological polar surface area (TPSA) is 36.6 Å². The van der Waals surface area contributed by atoms with Crippen LogP contribution >= 0.6 is 0 Å². The number of fused-ring (bicyclic) bond motifs is 1. The maximum atomic E-state index is 11.2. The second-order valence-corrected chi connectivity index (χ2v) is 5.59. The lowest BCUT2D eigenvalue weighted by Gasteiger charge is -2.37. The number of rotatable bonds is 1. The van der Waals surface area contributed by atoms with Gasteiger partial charge in [0.15, 0.2) is 0 Å². The number of likely N-dealkylation sites (N-methyl/N-ethyl adjacent to an activating group) is 1. The fraction of sp³-hybridized carbons (Fsp3) is 0.375. The van der Waals surface area contributed by atoms with E-state index in [0.29, 0.717) is 6.54 Å². The van der Waals surface area contributed by atoms with Gasteiger partial charge in [-0.1, -0.05) is 29.8 Å². The van der Waals surface area contributed by atoms with E-state index in [1.54, 1.807) is 0 Å². The Morgan fingerprint density at radius 1 is 1.21 bits per heavy atom. The van der Waals surface area contributed by atoms with Gasteiger partial charge in [-0.05, 0) is 32.5 Å². The largest absolute Gasteiger partial charge is 0.465 e. The molecule has 1 aromatic carbocycles. The molecule has 1 aromatic heterocycles. The molecule has 1 aliphatic heterocycles. The highest BCUT2D eigenvalue weighted by Gasteiger charge is 2.40. The molecular weight excluding hydrogens is 238 g/mol. The van der Waals surface area contributed by atoms with Gasteiger partial charge >= 0.3 is 0 Å². The van der Waals surface area contributed by atoms with Gasteiger partial charge in [-0.25, -0.2) is 0 Å². The first kappa shape index (κ1) is 12.5. The van der Waals surface area contributed by atoms with Crippen molar-refractivity contribution in [2.75, 3.05) is 13.6 Å². The highest BCUT2D eigenvalue weighted by atomic mass is 16.3. The summed E-state index contributed by atoms with van der Waals surface area (Å²) in [4.78, 5) is 2.09. The molecule has 0 spiro atoms. The fourth-order valence-electron chi connectivity index (χ4n) is 2.88. The van der Waals surface area contributed by atoms with Crippen molar-refractivity contribution in [2.24, 2.45) is 0 Å². The van der Waals surface area contributed by atoms with E-state index in [0.717, 1.165) is 29.2 Å². The average molecular weight is 257 g/mol. The third-order valence-electron chi connectivity index (χ3n) is 3.82. The molecule has 100 valence electrons. The number of benzene rings is 1. The molecule has 0 bridgehead atoms. The van der Waals surface area contributed by atoms with Gasteiger partial charge in [0.25, 0.3) is 0 Å². The highest BCUT2D eigenvalue weighted by Crippen LogP contribution is 2.38. The molecule has 1 unspecified atom stereocenters. The standard InChI is InChI=1S/C16H19NO2/c1-11-4-6-13(7-5-11)16(18)10-17(3)9-15-14(16)8-12(2)19-15/h4-8,18H,9-10H2,1-3H3. The Kier molecular flexibility index (Phi) is 2.77. The van der Waals surface area contributed by atoms with E-state index in [9.17, 15) is 5.11 Å². The SMILES string of the molecule is Cc1ccc(C2(O)CN(C)Cc3oc(C)cc32)cc1. The molecule has 0 amide bonds. The van der Waals surface area contributed by atoms with Crippen LogP contribution in [0.25, 0.3) is 0 Å². The molecule has 2 heterocycles. The van der Waals surface area contributed by atoms with Gasteiger partial charge in [-0.2, -0.15) is 0 Å². The van der Waals surface area contributed by atoms with Gasteiger partial charge in [0.05, 0.1) is 6.54 Å². The molecule has 1 N–H and O–H groups in total. The van der Waals surface area contributed by atoms with Crippen molar-refractivity contribution in [3.63, 3.8) is 0 Å². The smallest absolute Gasteiger partial charge is 0.131 e. The average Bonchev–Trinajstić information content (AvgIpc) is 2.71.